The monoisotopic (exact) mass is 365 g/mol. The molecule has 138 valence electrons. The van der Waals surface area contributed by atoms with Crippen LogP contribution in [0, 0.1) is 0 Å². The normalized spacial score (nSPS) is 15.7. The van der Waals surface area contributed by atoms with Crippen LogP contribution in [0.15, 0.2) is 36.4 Å². The van der Waals surface area contributed by atoms with Gasteiger partial charge < -0.3 is 14.8 Å². The maximum absolute atomic E-state index is 12.4. The Morgan fingerprint density at radius 3 is 2.35 bits per heavy atom. The fourth-order valence-electron chi connectivity index (χ4n) is 2.88. The van der Waals surface area contributed by atoms with Crippen LogP contribution in [-0.2, 0) is 6.42 Å². The van der Waals surface area contributed by atoms with Gasteiger partial charge in [0, 0.05) is 0 Å². The first-order valence-electron chi connectivity index (χ1n) is 8.12. The molecule has 1 amide bonds. The fourth-order valence-corrected chi connectivity index (χ4v) is 2.88. The van der Waals surface area contributed by atoms with Crippen LogP contribution in [0.5, 0.6) is 11.5 Å². The molecular weight excluding hydrogens is 347 g/mol. The van der Waals surface area contributed by atoms with E-state index in [1.165, 1.54) is 24.3 Å². The van der Waals surface area contributed by atoms with Gasteiger partial charge in [0.2, 0.25) is 0 Å². The maximum atomic E-state index is 12.4. The minimum Gasteiger partial charge on any atom is -0.468 e. The largest absolute Gasteiger partial charge is 0.573 e. The van der Waals surface area contributed by atoms with E-state index in [1.54, 1.807) is 19.9 Å². The Bertz CT molecular complexity index is 842. The highest BCUT2D eigenvalue weighted by atomic mass is 19.4. The summed E-state index contributed by atoms with van der Waals surface area (Å²) in [6.45, 7) is 5.48. The van der Waals surface area contributed by atoms with Crippen LogP contribution in [0.1, 0.15) is 36.7 Å². The van der Waals surface area contributed by atoms with Crippen molar-refractivity contribution in [1.82, 2.24) is 5.32 Å². The smallest absolute Gasteiger partial charge is 0.468 e. The predicted octanol–water partition coefficient (Wildman–Crippen LogP) is 4.67. The molecule has 0 radical (unpaired) electrons. The fraction of sp³-hybridized carbons (Fsp3) is 0.316. The Hall–Kier alpha value is -2.70. The Morgan fingerprint density at radius 2 is 1.77 bits per heavy atom. The van der Waals surface area contributed by atoms with Gasteiger partial charge >= 0.3 is 6.36 Å². The third-order valence-electron chi connectivity index (χ3n) is 3.98. The highest BCUT2D eigenvalue weighted by Gasteiger charge is 2.33. The second-order valence-electron chi connectivity index (χ2n) is 6.50. The average Bonchev–Trinajstić information content (AvgIpc) is 2.52. The molecule has 0 unspecified atom stereocenters. The first-order valence-corrected chi connectivity index (χ1v) is 8.12. The van der Waals surface area contributed by atoms with Crippen molar-refractivity contribution in [3.63, 3.8) is 0 Å². The van der Waals surface area contributed by atoms with Crippen LogP contribution in [-0.4, -0.2) is 18.0 Å². The molecule has 0 atom stereocenters. The van der Waals surface area contributed by atoms with Gasteiger partial charge in [0.1, 0.15) is 11.5 Å². The highest BCUT2D eigenvalue weighted by molar-refractivity contribution is 6.00. The van der Waals surface area contributed by atoms with E-state index >= 15 is 0 Å². The summed E-state index contributed by atoms with van der Waals surface area (Å²) in [4.78, 5) is 12.4. The van der Waals surface area contributed by atoms with E-state index in [2.05, 4.69) is 10.1 Å². The Balaban J connectivity index is 1.99. The molecule has 26 heavy (non-hydrogen) atoms. The van der Waals surface area contributed by atoms with E-state index < -0.39 is 12.1 Å². The minimum absolute atomic E-state index is 0.246. The lowest BCUT2D eigenvalue weighted by atomic mass is 9.95. The van der Waals surface area contributed by atoms with Crippen LogP contribution in [0.3, 0.4) is 0 Å². The van der Waals surface area contributed by atoms with E-state index in [4.69, 9.17) is 4.74 Å². The third kappa shape index (κ3) is 3.76. The molecule has 0 bridgehead atoms. The van der Waals surface area contributed by atoms with Gasteiger partial charge in [0.05, 0.1) is 5.56 Å². The molecule has 3 rings (SSSR count). The number of rotatable bonds is 3. The summed E-state index contributed by atoms with van der Waals surface area (Å²) in [5.74, 6) is 0.00426. The Labute approximate surface area is 148 Å². The van der Waals surface area contributed by atoms with Crippen LogP contribution in [0.2, 0.25) is 0 Å². The van der Waals surface area contributed by atoms with Crippen molar-refractivity contribution in [1.29, 1.82) is 0 Å². The molecular formula is C19H18F3NO3. The first-order chi connectivity index (χ1) is 12.1. The van der Waals surface area contributed by atoms with Crippen molar-refractivity contribution in [3.05, 3.63) is 47.5 Å². The van der Waals surface area contributed by atoms with Crippen molar-refractivity contribution in [2.24, 2.45) is 0 Å². The standard InChI is InChI=1S/C19H18F3NO3/c1-4-11-9-13(10-15-16(11)26-18(2,3)23-17(15)24)12-5-7-14(8-6-12)25-19(20,21)22/h5-10H,4H2,1-3H3,(H,23,24). The minimum atomic E-state index is -4.73. The van der Waals surface area contributed by atoms with E-state index in [0.29, 0.717) is 23.3 Å². The summed E-state index contributed by atoms with van der Waals surface area (Å²) in [5.41, 5.74) is 1.86. The van der Waals surface area contributed by atoms with E-state index in [-0.39, 0.29) is 11.7 Å². The van der Waals surface area contributed by atoms with Gasteiger partial charge in [-0.25, -0.2) is 0 Å². The molecule has 4 nitrogen and oxygen atoms in total. The molecule has 0 aromatic heterocycles. The summed E-state index contributed by atoms with van der Waals surface area (Å²) >= 11 is 0. The van der Waals surface area contributed by atoms with Gasteiger partial charge in [-0.3, -0.25) is 4.79 Å². The van der Waals surface area contributed by atoms with E-state index in [9.17, 15) is 18.0 Å². The van der Waals surface area contributed by atoms with Crippen molar-refractivity contribution in [3.8, 4) is 22.6 Å². The molecule has 7 heteroatoms. The van der Waals surface area contributed by atoms with Crippen molar-refractivity contribution in [2.45, 2.75) is 39.3 Å². The molecule has 0 saturated heterocycles. The molecule has 1 N–H and O–H groups in total. The first kappa shape index (κ1) is 18.1. The number of aryl methyl sites for hydroxylation is 1. The van der Waals surface area contributed by atoms with E-state index in [0.717, 1.165) is 11.1 Å². The summed E-state index contributed by atoms with van der Waals surface area (Å²) < 4.78 is 46.6. The number of amides is 1. The number of nitrogens with one attached hydrogen (secondary N) is 1. The molecule has 0 saturated carbocycles. The zero-order valence-electron chi connectivity index (χ0n) is 14.5. The molecule has 2 aromatic rings. The lowest BCUT2D eigenvalue weighted by molar-refractivity contribution is -0.274. The van der Waals surface area contributed by atoms with Crippen molar-refractivity contribution >= 4 is 5.91 Å². The quantitative estimate of drug-likeness (QED) is 0.860. The van der Waals surface area contributed by atoms with Gasteiger partial charge in [0.15, 0.2) is 5.72 Å². The SMILES string of the molecule is CCc1cc(-c2ccc(OC(F)(F)F)cc2)cc2c1OC(C)(C)NC2=O. The van der Waals surface area contributed by atoms with E-state index in [1.807, 2.05) is 13.0 Å². The Kier molecular flexibility index (Phi) is 4.34. The highest BCUT2D eigenvalue weighted by Crippen LogP contribution is 2.36. The Morgan fingerprint density at radius 1 is 1.12 bits per heavy atom. The van der Waals surface area contributed by atoms with Crippen LogP contribution in [0.25, 0.3) is 11.1 Å². The molecule has 0 fully saturated rings. The molecule has 0 spiro atoms. The summed E-state index contributed by atoms with van der Waals surface area (Å²) in [6.07, 6.45) is -4.08. The van der Waals surface area contributed by atoms with Crippen LogP contribution < -0.4 is 14.8 Å². The molecule has 0 aliphatic carbocycles. The van der Waals surface area contributed by atoms with Gasteiger partial charge in [-0.05, 0) is 61.2 Å². The zero-order valence-corrected chi connectivity index (χ0v) is 14.5. The van der Waals surface area contributed by atoms with Gasteiger partial charge in [-0.15, -0.1) is 13.2 Å². The van der Waals surface area contributed by atoms with Crippen LogP contribution >= 0.6 is 0 Å². The topological polar surface area (TPSA) is 47.6 Å². The second-order valence-corrected chi connectivity index (χ2v) is 6.50. The average molecular weight is 365 g/mol. The number of fused-ring (bicyclic) bond motifs is 1. The van der Waals surface area contributed by atoms with Crippen molar-refractivity contribution < 1.29 is 27.4 Å². The lowest BCUT2D eigenvalue weighted by Gasteiger charge is -2.34. The van der Waals surface area contributed by atoms with Gasteiger partial charge in [0.25, 0.3) is 5.91 Å². The predicted molar refractivity (Wildman–Crippen MR) is 90.1 cm³/mol. The summed E-state index contributed by atoms with van der Waals surface area (Å²) in [5, 5.41) is 2.77. The van der Waals surface area contributed by atoms with Gasteiger partial charge in [-0.1, -0.05) is 19.1 Å². The maximum Gasteiger partial charge on any atom is 0.573 e. The number of hydrogen-bond donors (Lipinski definition) is 1. The lowest BCUT2D eigenvalue weighted by Crippen LogP contribution is -2.51. The summed E-state index contributed by atoms with van der Waals surface area (Å²) in [7, 11) is 0. The second kappa shape index (κ2) is 6.23. The number of carbonyl (C=O) groups excluding carboxylic acids is 1. The number of carbonyl (C=O) groups is 1. The molecule has 1 heterocycles. The number of halogens is 3. The molecule has 2 aromatic carbocycles. The molecule has 1 aliphatic rings. The number of benzene rings is 2. The zero-order chi connectivity index (χ0) is 19.1. The van der Waals surface area contributed by atoms with Crippen molar-refractivity contribution in [2.75, 3.05) is 0 Å². The number of ether oxygens (including phenoxy) is 2. The van der Waals surface area contributed by atoms with Crippen LogP contribution in [0.4, 0.5) is 13.2 Å². The van der Waals surface area contributed by atoms with Gasteiger partial charge in [-0.2, -0.15) is 0 Å². The summed E-state index contributed by atoms with van der Waals surface area (Å²) in [6, 6.07) is 9.09. The number of alkyl halides is 3. The molecule has 1 aliphatic heterocycles. The number of hydrogen-bond acceptors (Lipinski definition) is 3. The third-order valence-corrected chi connectivity index (χ3v) is 3.98.